The van der Waals surface area contributed by atoms with Gasteiger partial charge in [-0.25, -0.2) is 4.79 Å². The second-order valence-electron chi connectivity index (χ2n) is 7.09. The lowest BCUT2D eigenvalue weighted by molar-refractivity contribution is -0.308. The van der Waals surface area contributed by atoms with Crippen molar-refractivity contribution in [3.8, 4) is 0 Å². The lowest BCUT2D eigenvalue weighted by Gasteiger charge is -2.39. The topological polar surface area (TPSA) is 32.8 Å². The van der Waals surface area contributed by atoms with Crippen LogP contribution >= 0.6 is 0 Å². The highest BCUT2D eigenvalue weighted by atomic mass is 19.4. The second kappa shape index (κ2) is 9.17. The zero-order valence-corrected chi connectivity index (χ0v) is 16.2. The van der Waals surface area contributed by atoms with Crippen molar-refractivity contribution >= 4 is 6.09 Å². The maximum atomic E-state index is 12.7. The maximum Gasteiger partial charge on any atom is 0.434 e. The van der Waals surface area contributed by atoms with Crippen LogP contribution in [0, 0.1) is 0 Å². The molecule has 4 nitrogen and oxygen atoms in total. The Bertz CT molecular complexity index is 796. The van der Waals surface area contributed by atoms with Crippen LogP contribution in [0.5, 0.6) is 0 Å². The van der Waals surface area contributed by atoms with Crippen molar-refractivity contribution in [3.63, 3.8) is 0 Å². The predicted octanol–water partition coefficient (Wildman–Crippen LogP) is 5.02. The van der Waals surface area contributed by atoms with Gasteiger partial charge in [0.25, 0.3) is 6.10 Å². The van der Waals surface area contributed by atoms with Crippen LogP contribution in [0.2, 0.25) is 0 Å². The summed E-state index contributed by atoms with van der Waals surface area (Å²) in [5.74, 6) is 0. The number of carbonyl (C=O) groups is 1. The predicted molar refractivity (Wildman–Crippen MR) is 100 cm³/mol. The van der Waals surface area contributed by atoms with Crippen LogP contribution < -0.4 is 0 Å². The Labute approximate surface area is 175 Å². The summed E-state index contributed by atoms with van der Waals surface area (Å²) >= 11 is 0. The molecule has 0 unspecified atom stereocenters. The Kier molecular flexibility index (Phi) is 6.78. The molecule has 1 amide bonds. The van der Waals surface area contributed by atoms with Gasteiger partial charge in [0.15, 0.2) is 0 Å². The van der Waals surface area contributed by atoms with E-state index in [1.165, 1.54) is 0 Å². The Hall–Kier alpha value is -2.75. The quantitative estimate of drug-likeness (QED) is 0.619. The average molecular weight is 446 g/mol. The molecule has 1 aliphatic heterocycles. The van der Waals surface area contributed by atoms with Crippen molar-refractivity contribution in [3.05, 3.63) is 71.8 Å². The van der Waals surface area contributed by atoms with Gasteiger partial charge in [0.05, 0.1) is 6.04 Å². The molecule has 31 heavy (non-hydrogen) atoms. The van der Waals surface area contributed by atoms with Crippen molar-refractivity contribution in [1.29, 1.82) is 0 Å². The molecule has 1 heterocycles. The summed E-state index contributed by atoms with van der Waals surface area (Å²) in [6.45, 7) is 0.396. The molecule has 2 aromatic rings. The number of hydrogen-bond acceptors (Lipinski definition) is 3. The van der Waals surface area contributed by atoms with E-state index in [0.717, 1.165) is 16.0 Å². The lowest BCUT2D eigenvalue weighted by atomic mass is 9.96. The number of alkyl halides is 6. The number of piperazine rings is 1. The van der Waals surface area contributed by atoms with E-state index in [-0.39, 0.29) is 32.2 Å². The molecule has 1 saturated heterocycles. The second-order valence-corrected chi connectivity index (χ2v) is 7.09. The number of benzene rings is 2. The van der Waals surface area contributed by atoms with Gasteiger partial charge in [-0.15, -0.1) is 0 Å². The molecular formula is C21H20F6N2O2. The summed E-state index contributed by atoms with van der Waals surface area (Å²) in [5.41, 5.74) is 1.97. The molecule has 0 saturated carbocycles. The first-order valence-electron chi connectivity index (χ1n) is 9.50. The fourth-order valence-electron chi connectivity index (χ4n) is 3.54. The van der Waals surface area contributed by atoms with Gasteiger partial charge >= 0.3 is 18.4 Å². The minimum atomic E-state index is -5.73. The van der Waals surface area contributed by atoms with Crippen LogP contribution in [0.4, 0.5) is 31.1 Å². The molecule has 1 aliphatic rings. The Morgan fingerprint density at radius 1 is 0.742 bits per heavy atom. The van der Waals surface area contributed by atoms with Gasteiger partial charge in [-0.2, -0.15) is 26.3 Å². The normalized spacial score (nSPS) is 16.1. The van der Waals surface area contributed by atoms with Crippen LogP contribution in [0.1, 0.15) is 17.2 Å². The summed E-state index contributed by atoms with van der Waals surface area (Å²) in [6, 6.07) is 18.9. The Morgan fingerprint density at radius 3 is 1.55 bits per heavy atom. The van der Waals surface area contributed by atoms with Gasteiger partial charge in [-0.1, -0.05) is 60.7 Å². The first-order chi connectivity index (χ1) is 14.6. The van der Waals surface area contributed by atoms with Crippen molar-refractivity contribution in [2.75, 3.05) is 26.2 Å². The Balaban J connectivity index is 1.70. The van der Waals surface area contributed by atoms with Gasteiger partial charge in [0, 0.05) is 26.2 Å². The molecule has 2 aromatic carbocycles. The van der Waals surface area contributed by atoms with Gasteiger partial charge < -0.3 is 9.64 Å². The summed E-state index contributed by atoms with van der Waals surface area (Å²) in [6.07, 6.45) is -17.2. The molecular weight excluding hydrogens is 426 g/mol. The highest BCUT2D eigenvalue weighted by Gasteiger charge is 2.60. The van der Waals surface area contributed by atoms with Crippen LogP contribution in [0.15, 0.2) is 60.7 Å². The number of hydrogen-bond donors (Lipinski definition) is 0. The van der Waals surface area contributed by atoms with E-state index in [1.54, 1.807) is 0 Å². The number of carbonyl (C=O) groups excluding carboxylic acids is 1. The average Bonchev–Trinajstić information content (AvgIpc) is 2.72. The van der Waals surface area contributed by atoms with Gasteiger partial charge in [-0.3, -0.25) is 4.90 Å². The largest absolute Gasteiger partial charge is 0.434 e. The monoisotopic (exact) mass is 446 g/mol. The van der Waals surface area contributed by atoms with E-state index in [9.17, 15) is 31.1 Å². The SMILES string of the molecule is O=C(OC(C(F)(F)F)C(F)(F)F)N1CCN(C(c2ccccc2)c2ccccc2)CC1. The standard InChI is InChI=1S/C21H20F6N2O2/c22-20(23,24)18(21(25,26)27)31-19(30)29-13-11-28(12-14-29)17(15-7-3-1-4-8-15)16-9-5-2-6-10-16/h1-10,17-18H,11-14H2. The van der Waals surface area contributed by atoms with E-state index in [4.69, 9.17) is 0 Å². The molecule has 0 bridgehead atoms. The summed E-state index contributed by atoms with van der Waals surface area (Å²) in [4.78, 5) is 14.9. The van der Waals surface area contributed by atoms with Crippen LogP contribution in [0.25, 0.3) is 0 Å². The van der Waals surface area contributed by atoms with Gasteiger partial charge in [0.1, 0.15) is 0 Å². The minimum Gasteiger partial charge on any atom is -0.426 e. The number of halogens is 6. The smallest absolute Gasteiger partial charge is 0.426 e. The highest BCUT2D eigenvalue weighted by molar-refractivity contribution is 5.68. The fourth-order valence-corrected chi connectivity index (χ4v) is 3.54. The zero-order chi connectivity index (χ0) is 22.6. The van der Waals surface area contributed by atoms with Crippen LogP contribution in [-0.4, -0.2) is 60.5 Å². The van der Waals surface area contributed by atoms with Gasteiger partial charge in [-0.05, 0) is 11.1 Å². The van der Waals surface area contributed by atoms with E-state index in [2.05, 4.69) is 4.74 Å². The number of ether oxygens (including phenoxy) is 1. The molecule has 0 N–H and O–H groups in total. The van der Waals surface area contributed by atoms with Crippen molar-refractivity contribution in [2.24, 2.45) is 0 Å². The Morgan fingerprint density at radius 2 is 1.16 bits per heavy atom. The van der Waals surface area contributed by atoms with Crippen molar-refractivity contribution in [2.45, 2.75) is 24.5 Å². The third kappa shape index (κ3) is 5.69. The van der Waals surface area contributed by atoms with Crippen molar-refractivity contribution < 1.29 is 35.9 Å². The van der Waals surface area contributed by atoms with E-state index in [1.807, 2.05) is 65.6 Å². The molecule has 0 spiro atoms. The zero-order valence-electron chi connectivity index (χ0n) is 16.2. The van der Waals surface area contributed by atoms with E-state index in [0.29, 0.717) is 0 Å². The molecule has 168 valence electrons. The highest BCUT2D eigenvalue weighted by Crippen LogP contribution is 2.36. The summed E-state index contributed by atoms with van der Waals surface area (Å²) < 4.78 is 79.8. The number of rotatable bonds is 4. The van der Waals surface area contributed by atoms with E-state index < -0.39 is 24.5 Å². The maximum absolute atomic E-state index is 12.7. The van der Waals surface area contributed by atoms with Crippen LogP contribution in [-0.2, 0) is 4.74 Å². The number of amides is 1. The third-order valence-corrected chi connectivity index (χ3v) is 4.98. The first kappa shape index (κ1) is 22.9. The summed E-state index contributed by atoms with van der Waals surface area (Å²) in [5, 5.41) is 0. The van der Waals surface area contributed by atoms with Gasteiger partial charge in [0.2, 0.25) is 0 Å². The molecule has 0 atom stereocenters. The van der Waals surface area contributed by atoms with Crippen LogP contribution in [0.3, 0.4) is 0 Å². The molecule has 0 radical (unpaired) electrons. The van der Waals surface area contributed by atoms with E-state index >= 15 is 0 Å². The molecule has 0 aromatic heterocycles. The molecule has 3 rings (SSSR count). The molecule has 0 aliphatic carbocycles. The molecule has 10 heteroatoms. The molecule has 1 fully saturated rings. The third-order valence-electron chi connectivity index (χ3n) is 4.98. The minimum absolute atomic E-state index is 0.0581. The first-order valence-corrected chi connectivity index (χ1v) is 9.50. The fraction of sp³-hybridized carbons (Fsp3) is 0.381. The summed E-state index contributed by atoms with van der Waals surface area (Å²) in [7, 11) is 0. The lowest BCUT2D eigenvalue weighted by Crippen LogP contribution is -2.53. The van der Waals surface area contributed by atoms with Crippen molar-refractivity contribution in [1.82, 2.24) is 9.80 Å². The number of nitrogens with zero attached hydrogens (tertiary/aromatic N) is 2.